The fourth-order valence-corrected chi connectivity index (χ4v) is 2.75. The summed E-state index contributed by atoms with van der Waals surface area (Å²) in [7, 11) is 0. The van der Waals surface area contributed by atoms with Crippen LogP contribution in [0, 0.1) is 0 Å². The zero-order chi connectivity index (χ0) is 15.1. The second-order valence-electron chi connectivity index (χ2n) is 5.13. The SMILES string of the molecule is O=C([O-])c1cccc(NC2=Nc3cccc4cccc2c34)c1. The summed E-state index contributed by atoms with van der Waals surface area (Å²) in [4.78, 5) is 15.6. The predicted molar refractivity (Wildman–Crippen MR) is 84.5 cm³/mol. The van der Waals surface area contributed by atoms with Gasteiger partial charge in [-0.1, -0.05) is 42.5 Å². The van der Waals surface area contributed by atoms with Crippen molar-refractivity contribution in [2.24, 2.45) is 4.99 Å². The van der Waals surface area contributed by atoms with Gasteiger partial charge < -0.3 is 15.2 Å². The van der Waals surface area contributed by atoms with Crippen molar-refractivity contribution in [3.05, 3.63) is 71.8 Å². The lowest BCUT2D eigenvalue weighted by Crippen LogP contribution is -2.22. The number of carbonyl (C=O) groups excluding carboxylic acids is 1. The van der Waals surface area contributed by atoms with Crippen LogP contribution in [-0.4, -0.2) is 11.8 Å². The lowest BCUT2D eigenvalue weighted by molar-refractivity contribution is -0.255. The van der Waals surface area contributed by atoms with Crippen molar-refractivity contribution in [1.82, 2.24) is 0 Å². The van der Waals surface area contributed by atoms with Crippen LogP contribution in [-0.2, 0) is 0 Å². The summed E-state index contributed by atoms with van der Waals surface area (Å²) in [6.07, 6.45) is 0. The molecule has 106 valence electrons. The Morgan fingerprint density at radius 3 is 2.59 bits per heavy atom. The van der Waals surface area contributed by atoms with Crippen molar-refractivity contribution < 1.29 is 9.90 Å². The minimum atomic E-state index is -1.19. The molecule has 0 fully saturated rings. The van der Waals surface area contributed by atoms with Crippen LogP contribution in [0.1, 0.15) is 15.9 Å². The van der Waals surface area contributed by atoms with Gasteiger partial charge in [0.05, 0.1) is 11.7 Å². The quantitative estimate of drug-likeness (QED) is 0.788. The number of benzene rings is 3. The summed E-state index contributed by atoms with van der Waals surface area (Å²) in [6.45, 7) is 0. The van der Waals surface area contributed by atoms with Gasteiger partial charge in [0, 0.05) is 16.6 Å². The first-order chi connectivity index (χ1) is 10.7. The van der Waals surface area contributed by atoms with Crippen molar-refractivity contribution in [3.63, 3.8) is 0 Å². The van der Waals surface area contributed by atoms with E-state index in [1.54, 1.807) is 18.2 Å². The number of rotatable bonds is 2. The second kappa shape index (κ2) is 4.70. The average molecular weight is 287 g/mol. The highest BCUT2D eigenvalue weighted by molar-refractivity contribution is 6.23. The number of amidine groups is 1. The number of anilines is 1. The van der Waals surface area contributed by atoms with Gasteiger partial charge in [0.15, 0.2) is 0 Å². The Balaban J connectivity index is 1.76. The molecule has 0 spiro atoms. The monoisotopic (exact) mass is 287 g/mol. The number of nitrogens with zero attached hydrogens (tertiary/aromatic N) is 1. The Morgan fingerprint density at radius 1 is 1.00 bits per heavy atom. The smallest absolute Gasteiger partial charge is 0.139 e. The molecular formula is C18H11N2O2-. The summed E-state index contributed by atoms with van der Waals surface area (Å²) in [5.41, 5.74) is 2.75. The number of aliphatic imine (C=N–C) groups is 1. The Hall–Kier alpha value is -3.14. The summed E-state index contributed by atoms with van der Waals surface area (Å²) >= 11 is 0. The van der Waals surface area contributed by atoms with E-state index in [0.29, 0.717) is 5.69 Å². The number of hydrogen-bond donors (Lipinski definition) is 1. The van der Waals surface area contributed by atoms with Crippen LogP contribution in [0.15, 0.2) is 65.7 Å². The van der Waals surface area contributed by atoms with Crippen LogP contribution in [0.25, 0.3) is 10.8 Å². The Bertz CT molecular complexity index is 939. The molecule has 0 aliphatic carbocycles. The zero-order valence-corrected chi connectivity index (χ0v) is 11.5. The topological polar surface area (TPSA) is 64.5 Å². The molecule has 22 heavy (non-hydrogen) atoms. The standard InChI is InChI=1S/C18H12N2O2/c21-18(22)12-6-1-7-13(10-12)19-17-14-8-2-4-11-5-3-9-15(20-17)16(11)14/h1-10H,(H,19,20)(H,21,22)/p-1. The van der Waals surface area contributed by atoms with Gasteiger partial charge in [-0.25, -0.2) is 4.99 Å². The van der Waals surface area contributed by atoms with E-state index in [1.165, 1.54) is 6.07 Å². The third-order valence-corrected chi connectivity index (χ3v) is 3.73. The van der Waals surface area contributed by atoms with Gasteiger partial charge in [-0.05, 0) is 29.1 Å². The summed E-state index contributed by atoms with van der Waals surface area (Å²) in [5.74, 6) is -0.468. The molecule has 0 amide bonds. The van der Waals surface area contributed by atoms with Crippen molar-refractivity contribution in [2.75, 3.05) is 5.32 Å². The van der Waals surface area contributed by atoms with Gasteiger partial charge in [-0.3, -0.25) is 0 Å². The van der Waals surface area contributed by atoms with Crippen LogP contribution in [0.3, 0.4) is 0 Å². The minimum absolute atomic E-state index is 0.138. The lowest BCUT2D eigenvalue weighted by Gasteiger charge is -2.09. The minimum Gasteiger partial charge on any atom is -0.545 e. The Labute approximate surface area is 126 Å². The number of hydrogen-bond acceptors (Lipinski definition) is 4. The molecule has 4 rings (SSSR count). The van der Waals surface area contributed by atoms with Gasteiger partial charge in [0.25, 0.3) is 0 Å². The van der Waals surface area contributed by atoms with Crippen LogP contribution >= 0.6 is 0 Å². The molecule has 1 aliphatic rings. The van der Waals surface area contributed by atoms with Crippen molar-refractivity contribution >= 4 is 34.0 Å². The van der Waals surface area contributed by atoms with E-state index in [4.69, 9.17) is 0 Å². The molecule has 4 heteroatoms. The normalized spacial score (nSPS) is 12.3. The van der Waals surface area contributed by atoms with Gasteiger partial charge >= 0.3 is 0 Å². The van der Waals surface area contributed by atoms with E-state index in [1.807, 2.05) is 24.3 Å². The highest BCUT2D eigenvalue weighted by atomic mass is 16.4. The molecule has 1 N–H and O–H groups in total. The molecule has 0 atom stereocenters. The lowest BCUT2D eigenvalue weighted by atomic mass is 10.0. The van der Waals surface area contributed by atoms with Gasteiger partial charge in [-0.2, -0.15) is 0 Å². The van der Waals surface area contributed by atoms with Crippen LogP contribution < -0.4 is 10.4 Å². The van der Waals surface area contributed by atoms with E-state index in [0.717, 1.165) is 27.9 Å². The molecule has 0 saturated carbocycles. The maximum absolute atomic E-state index is 11.0. The molecule has 1 heterocycles. The summed E-state index contributed by atoms with van der Waals surface area (Å²) in [6, 6.07) is 18.6. The molecular weight excluding hydrogens is 276 g/mol. The molecule has 4 nitrogen and oxygen atoms in total. The first-order valence-electron chi connectivity index (χ1n) is 6.91. The number of carbonyl (C=O) groups is 1. The Kier molecular flexibility index (Phi) is 2.69. The number of aromatic carboxylic acids is 1. The van der Waals surface area contributed by atoms with E-state index >= 15 is 0 Å². The Morgan fingerprint density at radius 2 is 1.77 bits per heavy atom. The molecule has 0 saturated heterocycles. The maximum atomic E-state index is 11.0. The van der Waals surface area contributed by atoms with Crippen molar-refractivity contribution in [2.45, 2.75) is 0 Å². The third kappa shape index (κ3) is 1.93. The van der Waals surface area contributed by atoms with Crippen molar-refractivity contribution in [1.29, 1.82) is 0 Å². The first-order valence-corrected chi connectivity index (χ1v) is 6.91. The van der Waals surface area contributed by atoms with Crippen molar-refractivity contribution in [3.8, 4) is 0 Å². The molecule has 3 aromatic carbocycles. The first kappa shape index (κ1) is 12.6. The summed E-state index contributed by atoms with van der Waals surface area (Å²) < 4.78 is 0. The van der Waals surface area contributed by atoms with E-state index in [-0.39, 0.29) is 5.56 Å². The molecule has 0 aromatic heterocycles. The molecule has 0 bridgehead atoms. The maximum Gasteiger partial charge on any atom is 0.139 e. The highest BCUT2D eigenvalue weighted by Crippen LogP contribution is 2.35. The predicted octanol–water partition coefficient (Wildman–Crippen LogP) is 2.71. The summed E-state index contributed by atoms with van der Waals surface area (Å²) in [5, 5.41) is 16.4. The fourth-order valence-electron chi connectivity index (χ4n) is 2.75. The van der Waals surface area contributed by atoms with Gasteiger partial charge in [0.1, 0.15) is 5.84 Å². The highest BCUT2D eigenvalue weighted by Gasteiger charge is 2.17. The third-order valence-electron chi connectivity index (χ3n) is 3.73. The number of carboxylic acids is 1. The molecule has 1 aliphatic heterocycles. The van der Waals surface area contributed by atoms with Gasteiger partial charge in [0.2, 0.25) is 0 Å². The molecule has 3 aromatic rings. The van der Waals surface area contributed by atoms with E-state index in [9.17, 15) is 9.90 Å². The average Bonchev–Trinajstić information content (AvgIpc) is 2.88. The van der Waals surface area contributed by atoms with Crippen LogP contribution in [0.2, 0.25) is 0 Å². The van der Waals surface area contributed by atoms with E-state index < -0.39 is 5.97 Å². The van der Waals surface area contributed by atoms with Gasteiger partial charge in [-0.15, -0.1) is 0 Å². The molecule has 0 radical (unpaired) electrons. The fraction of sp³-hybridized carbons (Fsp3) is 0. The number of carboxylic acid groups (broad SMARTS) is 1. The second-order valence-corrected chi connectivity index (χ2v) is 5.13. The zero-order valence-electron chi connectivity index (χ0n) is 11.5. The molecule has 0 unspecified atom stereocenters. The van der Waals surface area contributed by atoms with Crippen LogP contribution in [0.5, 0.6) is 0 Å². The largest absolute Gasteiger partial charge is 0.545 e. The van der Waals surface area contributed by atoms with Crippen LogP contribution in [0.4, 0.5) is 11.4 Å². The number of nitrogens with one attached hydrogen (secondary N) is 1. The van der Waals surface area contributed by atoms with E-state index in [2.05, 4.69) is 22.4 Å².